The minimum Gasteiger partial charge on any atom is -0.384 e. The summed E-state index contributed by atoms with van der Waals surface area (Å²) >= 11 is 6.11. The molecule has 2 rings (SSSR count). The first-order valence-electron chi connectivity index (χ1n) is 6.22. The van der Waals surface area contributed by atoms with E-state index in [4.69, 9.17) is 22.6 Å². The van der Waals surface area contributed by atoms with Crippen LogP contribution in [0.25, 0.3) is 0 Å². The van der Waals surface area contributed by atoms with Gasteiger partial charge < -0.3 is 11.1 Å². The van der Waals surface area contributed by atoms with Gasteiger partial charge in [-0.05, 0) is 24.6 Å². The third-order valence-electron chi connectivity index (χ3n) is 2.63. The van der Waals surface area contributed by atoms with Crippen LogP contribution in [0.3, 0.4) is 0 Å². The lowest BCUT2D eigenvalue weighted by Crippen LogP contribution is -2.03. The highest BCUT2D eigenvalue weighted by Gasteiger charge is 2.06. The predicted molar refractivity (Wildman–Crippen MR) is 79.9 cm³/mol. The molecule has 0 fully saturated rings. The Labute approximate surface area is 122 Å². The van der Waals surface area contributed by atoms with E-state index >= 15 is 0 Å². The topological polar surface area (TPSA) is 87.6 Å². The van der Waals surface area contributed by atoms with Crippen molar-refractivity contribution < 1.29 is 0 Å². The van der Waals surface area contributed by atoms with Gasteiger partial charge in [0.2, 0.25) is 0 Å². The molecule has 0 atom stereocenters. The molecule has 0 saturated heterocycles. The Morgan fingerprint density at radius 1 is 1.35 bits per heavy atom. The second kappa shape index (κ2) is 6.22. The fourth-order valence-corrected chi connectivity index (χ4v) is 1.97. The zero-order chi connectivity index (χ0) is 14.5. The molecule has 20 heavy (non-hydrogen) atoms. The van der Waals surface area contributed by atoms with Crippen molar-refractivity contribution in [2.24, 2.45) is 0 Å². The van der Waals surface area contributed by atoms with Gasteiger partial charge in [0, 0.05) is 12.5 Å². The average molecular weight is 288 g/mol. The fourth-order valence-electron chi connectivity index (χ4n) is 1.74. The van der Waals surface area contributed by atoms with Crippen LogP contribution in [0.4, 0.5) is 17.3 Å². The van der Waals surface area contributed by atoms with Crippen LogP contribution in [-0.4, -0.2) is 9.97 Å². The van der Waals surface area contributed by atoms with Crippen molar-refractivity contribution in [2.45, 2.75) is 19.8 Å². The van der Waals surface area contributed by atoms with E-state index in [1.54, 1.807) is 24.3 Å². The van der Waals surface area contributed by atoms with Gasteiger partial charge >= 0.3 is 0 Å². The Bertz CT molecular complexity index is 663. The Kier molecular flexibility index (Phi) is 4.38. The van der Waals surface area contributed by atoms with Gasteiger partial charge in [-0.1, -0.05) is 18.5 Å². The summed E-state index contributed by atoms with van der Waals surface area (Å²) in [4.78, 5) is 8.54. The van der Waals surface area contributed by atoms with Crippen LogP contribution in [0.1, 0.15) is 24.7 Å². The fraction of sp³-hybridized carbons (Fsp3) is 0.214. The van der Waals surface area contributed by atoms with E-state index in [2.05, 4.69) is 22.2 Å². The summed E-state index contributed by atoms with van der Waals surface area (Å²) in [5, 5.41) is 12.4. The Morgan fingerprint density at radius 3 is 2.80 bits per heavy atom. The second-order valence-corrected chi connectivity index (χ2v) is 4.68. The molecule has 0 aliphatic rings. The van der Waals surface area contributed by atoms with Crippen molar-refractivity contribution in [3.8, 4) is 6.07 Å². The number of halogens is 1. The van der Waals surface area contributed by atoms with Crippen LogP contribution in [0.2, 0.25) is 5.02 Å². The van der Waals surface area contributed by atoms with E-state index < -0.39 is 0 Å². The van der Waals surface area contributed by atoms with Crippen LogP contribution >= 0.6 is 11.6 Å². The predicted octanol–water partition coefficient (Wildman–Crippen LogP) is 3.28. The van der Waals surface area contributed by atoms with E-state index in [-0.39, 0.29) is 0 Å². The first-order chi connectivity index (χ1) is 9.62. The van der Waals surface area contributed by atoms with Gasteiger partial charge in [-0.2, -0.15) is 5.26 Å². The minimum atomic E-state index is 0.413. The number of nitrogens with two attached hydrogens (primary N) is 1. The number of aryl methyl sites for hydroxylation is 1. The normalized spacial score (nSPS) is 10.1. The van der Waals surface area contributed by atoms with E-state index in [1.165, 1.54) is 0 Å². The maximum atomic E-state index is 8.81. The molecular formula is C14H14ClN5. The van der Waals surface area contributed by atoms with Gasteiger partial charge in [0.25, 0.3) is 0 Å². The number of nitriles is 1. The summed E-state index contributed by atoms with van der Waals surface area (Å²) in [6.45, 7) is 2.05. The van der Waals surface area contributed by atoms with Crippen molar-refractivity contribution in [1.29, 1.82) is 5.26 Å². The van der Waals surface area contributed by atoms with E-state index in [1.807, 2.05) is 6.07 Å². The van der Waals surface area contributed by atoms with Gasteiger partial charge in [0.1, 0.15) is 17.5 Å². The molecule has 3 N–H and O–H groups in total. The number of nitrogen functional groups attached to an aromatic ring is 1. The molecule has 0 saturated carbocycles. The van der Waals surface area contributed by atoms with Gasteiger partial charge in [-0.3, -0.25) is 0 Å². The summed E-state index contributed by atoms with van der Waals surface area (Å²) in [6.07, 6.45) is 1.71. The molecular weight excluding hydrogens is 274 g/mol. The lowest BCUT2D eigenvalue weighted by molar-refractivity contribution is 0.839. The maximum absolute atomic E-state index is 8.81. The van der Waals surface area contributed by atoms with Crippen LogP contribution < -0.4 is 11.1 Å². The zero-order valence-corrected chi connectivity index (χ0v) is 11.8. The number of benzene rings is 1. The molecule has 0 unspecified atom stereocenters. The van der Waals surface area contributed by atoms with Crippen molar-refractivity contribution >= 4 is 28.9 Å². The maximum Gasteiger partial charge on any atom is 0.136 e. The van der Waals surface area contributed by atoms with E-state index in [0.717, 1.165) is 12.8 Å². The standard InChI is InChI=1S/C14H14ClN5/c1-2-3-13-19-12(17)7-14(20-13)18-11-5-4-9(8-16)6-10(11)15/h4-7H,2-3H2,1H3,(H3,17,18,19,20). The molecule has 0 radical (unpaired) electrons. The van der Waals surface area contributed by atoms with Gasteiger partial charge in [0.05, 0.1) is 22.3 Å². The van der Waals surface area contributed by atoms with Gasteiger partial charge in [-0.25, -0.2) is 9.97 Å². The minimum absolute atomic E-state index is 0.413. The lowest BCUT2D eigenvalue weighted by Gasteiger charge is -2.09. The van der Waals surface area contributed by atoms with Crippen molar-refractivity contribution in [3.63, 3.8) is 0 Å². The molecule has 1 aromatic carbocycles. The van der Waals surface area contributed by atoms with Crippen molar-refractivity contribution in [2.75, 3.05) is 11.1 Å². The van der Waals surface area contributed by atoms with E-state index in [9.17, 15) is 0 Å². The highest BCUT2D eigenvalue weighted by molar-refractivity contribution is 6.33. The average Bonchev–Trinajstić information content (AvgIpc) is 2.41. The molecule has 1 heterocycles. The summed E-state index contributed by atoms with van der Waals surface area (Å²) < 4.78 is 0. The molecule has 0 bridgehead atoms. The number of hydrogen-bond donors (Lipinski definition) is 2. The number of anilines is 3. The number of nitrogens with one attached hydrogen (secondary N) is 1. The molecule has 0 amide bonds. The van der Waals surface area contributed by atoms with Crippen LogP contribution in [0.15, 0.2) is 24.3 Å². The van der Waals surface area contributed by atoms with Crippen LogP contribution in [-0.2, 0) is 6.42 Å². The number of hydrogen-bond acceptors (Lipinski definition) is 5. The number of aromatic nitrogens is 2. The Morgan fingerprint density at radius 2 is 2.15 bits per heavy atom. The Balaban J connectivity index is 2.28. The van der Waals surface area contributed by atoms with Gasteiger partial charge in [-0.15, -0.1) is 0 Å². The molecule has 0 aliphatic carbocycles. The number of rotatable bonds is 4. The molecule has 1 aromatic heterocycles. The van der Waals surface area contributed by atoms with E-state index in [0.29, 0.717) is 33.7 Å². The molecule has 0 aliphatic heterocycles. The first kappa shape index (κ1) is 14.1. The summed E-state index contributed by atoms with van der Waals surface area (Å²) in [6, 6.07) is 8.70. The first-order valence-corrected chi connectivity index (χ1v) is 6.60. The highest BCUT2D eigenvalue weighted by atomic mass is 35.5. The summed E-state index contributed by atoms with van der Waals surface area (Å²) in [5.41, 5.74) is 6.94. The zero-order valence-electron chi connectivity index (χ0n) is 11.0. The Hall–Kier alpha value is -2.32. The van der Waals surface area contributed by atoms with Crippen LogP contribution in [0, 0.1) is 11.3 Å². The second-order valence-electron chi connectivity index (χ2n) is 4.28. The lowest BCUT2D eigenvalue weighted by atomic mass is 10.2. The smallest absolute Gasteiger partial charge is 0.136 e. The summed E-state index contributed by atoms with van der Waals surface area (Å²) in [5.74, 6) is 1.70. The third-order valence-corrected chi connectivity index (χ3v) is 2.94. The molecule has 5 nitrogen and oxygen atoms in total. The SMILES string of the molecule is CCCc1nc(N)cc(Nc2ccc(C#N)cc2Cl)n1. The summed E-state index contributed by atoms with van der Waals surface area (Å²) in [7, 11) is 0. The van der Waals surface area contributed by atoms with Crippen molar-refractivity contribution in [1.82, 2.24) is 9.97 Å². The van der Waals surface area contributed by atoms with Gasteiger partial charge in [0.15, 0.2) is 0 Å². The number of nitrogens with zero attached hydrogens (tertiary/aromatic N) is 3. The largest absolute Gasteiger partial charge is 0.384 e. The molecule has 102 valence electrons. The molecule has 0 spiro atoms. The third kappa shape index (κ3) is 3.37. The molecule has 6 heteroatoms. The monoisotopic (exact) mass is 287 g/mol. The quantitative estimate of drug-likeness (QED) is 0.901. The van der Waals surface area contributed by atoms with Crippen molar-refractivity contribution in [3.05, 3.63) is 40.7 Å². The van der Waals surface area contributed by atoms with Crippen LogP contribution in [0.5, 0.6) is 0 Å². The highest BCUT2D eigenvalue weighted by Crippen LogP contribution is 2.26. The molecule has 2 aromatic rings.